The first kappa shape index (κ1) is 29.3. The van der Waals surface area contributed by atoms with Gasteiger partial charge in [0.15, 0.2) is 5.78 Å². The molecule has 2 aliphatic heterocycles. The summed E-state index contributed by atoms with van der Waals surface area (Å²) >= 11 is 0. The summed E-state index contributed by atoms with van der Waals surface area (Å²) in [5.41, 5.74) is 22.4. The van der Waals surface area contributed by atoms with Gasteiger partial charge in [0, 0.05) is 17.0 Å². The van der Waals surface area contributed by atoms with E-state index in [2.05, 4.69) is 51.1 Å². The van der Waals surface area contributed by atoms with Crippen LogP contribution in [0.1, 0.15) is 6.92 Å². The minimum absolute atomic E-state index is 0. The molecule has 0 fully saturated rings. The molecule has 2 aromatic carbocycles. The molecule has 2 aromatic rings. The molecule has 2 heterocycles. The normalized spacial score (nSPS) is 14.2. The molecule has 192 valence electrons. The third-order valence-electron chi connectivity index (χ3n) is 5.03. The maximum atomic E-state index is 11.7. The number of hydrogen-bond donors (Lipinski definition) is 3. The van der Waals surface area contributed by atoms with Gasteiger partial charge in [-0.2, -0.15) is 12.4 Å². The zero-order chi connectivity index (χ0) is 26.5. The fourth-order valence-electron chi connectivity index (χ4n) is 3.36. The van der Waals surface area contributed by atoms with Crippen molar-refractivity contribution < 1.29 is 26.4 Å². The number of allylic oxidation sites excluding steroid dienone is 8. The molecule has 11 heteroatoms. The Morgan fingerprint density at radius 1 is 0.816 bits per heavy atom. The summed E-state index contributed by atoms with van der Waals surface area (Å²) in [5, 5.41) is 13.6. The average Bonchev–Trinajstić information content (AvgIpc) is 2.93. The van der Waals surface area contributed by atoms with Gasteiger partial charge in [-0.1, -0.05) is 66.8 Å². The third-order valence-corrected chi connectivity index (χ3v) is 5.03. The number of rotatable bonds is 3. The first-order valence-electron chi connectivity index (χ1n) is 11.1. The van der Waals surface area contributed by atoms with E-state index in [0.717, 1.165) is 21.8 Å². The molecule has 5 rings (SSSR count). The number of hydrazine groups is 1. The molecule has 2 amide bonds. The van der Waals surface area contributed by atoms with Gasteiger partial charge in [0.05, 0.1) is 0 Å². The van der Waals surface area contributed by atoms with Crippen molar-refractivity contribution in [3.63, 3.8) is 0 Å². The fourth-order valence-corrected chi connectivity index (χ4v) is 3.36. The van der Waals surface area contributed by atoms with Gasteiger partial charge in [0.1, 0.15) is 0 Å². The Labute approximate surface area is 229 Å². The molecule has 0 radical (unpaired) electrons. The minimum Gasteiger partial charge on any atom is -0.665 e. The number of carbonyl (C=O) groups is 2. The Morgan fingerprint density at radius 3 is 1.92 bits per heavy atom. The number of para-hydroxylation sites is 1. The average molecular weight is 550 g/mol. The van der Waals surface area contributed by atoms with Gasteiger partial charge in [-0.05, 0) is 41.6 Å². The van der Waals surface area contributed by atoms with Crippen LogP contribution in [-0.2, 0) is 21.6 Å². The van der Waals surface area contributed by atoms with Crippen molar-refractivity contribution in [2.24, 2.45) is 0 Å². The number of anilines is 1. The van der Waals surface area contributed by atoms with Crippen LogP contribution < -0.4 is 26.6 Å². The number of urea groups is 1. The number of nitrogens with one attached hydrogen (secondary N) is 3. The Bertz CT molecular complexity index is 1420. The van der Waals surface area contributed by atoms with Crippen LogP contribution in [0.15, 0.2) is 103 Å². The third kappa shape index (κ3) is 8.31. The van der Waals surface area contributed by atoms with Gasteiger partial charge in [0.25, 0.3) is 0 Å². The van der Waals surface area contributed by atoms with Crippen LogP contribution in [0.2, 0.25) is 0 Å². The number of amides is 2. The van der Waals surface area contributed by atoms with Crippen molar-refractivity contribution >= 4 is 41.0 Å². The first-order valence-corrected chi connectivity index (χ1v) is 11.1. The number of hydrogen-bond acceptors (Lipinski definition) is 3. The number of ketones is 1. The standard InChI is InChI=1S/C15H15N3O2.C12H8N2.Co.N3/c1-11(13-9-5-6-10-14(13)19)17-18-15(20)16-12-7-3-2-4-8-12;1-3-9-5-6-10-4-2-8-14-12(10)11(9)13-7-1;;1-3-2/h2-10,17H,1H3,(H2,16,18,20);1-8H;;/q;-2;+3;-1. The summed E-state index contributed by atoms with van der Waals surface area (Å²) in [6.45, 7) is 1.72. The van der Waals surface area contributed by atoms with Crippen molar-refractivity contribution in [3.8, 4) is 0 Å². The van der Waals surface area contributed by atoms with E-state index >= 15 is 0 Å². The van der Waals surface area contributed by atoms with Crippen LogP contribution in [0.4, 0.5) is 21.9 Å². The Balaban J connectivity index is 0.000000246. The quantitative estimate of drug-likeness (QED) is 0.153. The van der Waals surface area contributed by atoms with Gasteiger partial charge in [-0.25, -0.2) is 4.79 Å². The van der Waals surface area contributed by atoms with Crippen molar-refractivity contribution in [2.45, 2.75) is 6.92 Å². The maximum Gasteiger partial charge on any atom is 3.00 e. The largest absolute Gasteiger partial charge is 3.00 e. The molecule has 0 saturated carbocycles. The molecule has 3 N–H and O–H groups in total. The number of carbonyl (C=O) groups excluding carboxylic acids is 2. The minimum atomic E-state index is -0.404. The summed E-state index contributed by atoms with van der Waals surface area (Å²) in [6, 6.07) is 12.8. The SMILES string of the molecule is C1=C[N-]c2c3c(ccc2=C1)=CC=C[N-]3.CC(NNC(=O)Nc1ccccc1)=C1C=CC=CC1=O.[Co+3].[N-]=[N+]=[N-]. The van der Waals surface area contributed by atoms with Crippen LogP contribution in [-0.4, -0.2) is 11.8 Å². The topological polar surface area (TPSA) is 157 Å². The molecule has 3 aliphatic rings. The van der Waals surface area contributed by atoms with Crippen LogP contribution in [0.3, 0.4) is 0 Å². The molecule has 10 nitrogen and oxygen atoms in total. The number of fused-ring (bicyclic) bond motifs is 3. The van der Waals surface area contributed by atoms with Gasteiger partial charge in [-0.15, -0.1) is 11.4 Å². The maximum absolute atomic E-state index is 11.7. The molecular formula is C27H23CoN8O2. The molecule has 0 aromatic heterocycles. The van der Waals surface area contributed by atoms with E-state index in [1.165, 1.54) is 11.0 Å². The first-order chi connectivity index (χ1) is 18.0. The van der Waals surface area contributed by atoms with Crippen LogP contribution in [0.5, 0.6) is 0 Å². The molecule has 0 saturated heterocycles. The fraction of sp³-hybridized carbons (Fsp3) is 0.0370. The second-order valence-electron chi connectivity index (χ2n) is 7.50. The molecule has 0 spiro atoms. The monoisotopic (exact) mass is 550 g/mol. The number of benzene rings is 2. The second-order valence-corrected chi connectivity index (χ2v) is 7.50. The van der Waals surface area contributed by atoms with E-state index in [1.54, 1.807) is 49.7 Å². The predicted molar refractivity (Wildman–Crippen MR) is 147 cm³/mol. The molecule has 0 bridgehead atoms. The molecule has 0 atom stereocenters. The van der Waals surface area contributed by atoms with Crippen LogP contribution in [0.25, 0.3) is 38.8 Å². The van der Waals surface area contributed by atoms with E-state index in [9.17, 15) is 9.59 Å². The smallest absolute Gasteiger partial charge is 0.665 e. The van der Waals surface area contributed by atoms with E-state index < -0.39 is 6.03 Å². The van der Waals surface area contributed by atoms with Crippen molar-refractivity contribution in [1.29, 1.82) is 0 Å². The van der Waals surface area contributed by atoms with E-state index in [-0.39, 0.29) is 22.6 Å². The summed E-state index contributed by atoms with van der Waals surface area (Å²) in [5.74, 6) is -0.0947. The van der Waals surface area contributed by atoms with E-state index in [0.29, 0.717) is 17.0 Å². The van der Waals surface area contributed by atoms with Crippen molar-refractivity contribution in [1.82, 2.24) is 10.9 Å². The zero-order valence-electron chi connectivity index (χ0n) is 20.2. The Hall–Kier alpha value is -4.96. The predicted octanol–water partition coefficient (Wildman–Crippen LogP) is 5.46. The molecular weight excluding hydrogens is 527 g/mol. The van der Waals surface area contributed by atoms with Gasteiger partial charge in [0.2, 0.25) is 0 Å². The van der Waals surface area contributed by atoms with Crippen molar-refractivity contribution in [3.05, 3.63) is 140 Å². The van der Waals surface area contributed by atoms with Gasteiger partial charge >= 0.3 is 22.8 Å². The zero-order valence-corrected chi connectivity index (χ0v) is 21.2. The summed E-state index contributed by atoms with van der Waals surface area (Å²) in [7, 11) is 0. The Morgan fingerprint density at radius 2 is 1.37 bits per heavy atom. The molecule has 1 aliphatic carbocycles. The summed E-state index contributed by atoms with van der Waals surface area (Å²) in [4.78, 5) is 24.8. The number of nitrogens with zero attached hydrogens (tertiary/aromatic N) is 5. The van der Waals surface area contributed by atoms with Crippen LogP contribution >= 0.6 is 0 Å². The van der Waals surface area contributed by atoms with E-state index in [4.69, 9.17) is 11.1 Å². The Kier molecular flexibility index (Phi) is 11.7. The van der Waals surface area contributed by atoms with Gasteiger partial charge in [-0.3, -0.25) is 15.1 Å². The summed E-state index contributed by atoms with van der Waals surface area (Å²) < 4.78 is 0. The molecule has 38 heavy (non-hydrogen) atoms. The van der Waals surface area contributed by atoms with Crippen LogP contribution in [0, 0.1) is 0 Å². The van der Waals surface area contributed by atoms with E-state index in [1.807, 2.05) is 30.4 Å². The second kappa shape index (κ2) is 15.2. The van der Waals surface area contributed by atoms with Crippen molar-refractivity contribution in [2.75, 3.05) is 5.32 Å². The molecule has 0 unspecified atom stereocenters. The summed E-state index contributed by atoms with van der Waals surface area (Å²) in [6.07, 6.45) is 18.2. The van der Waals surface area contributed by atoms with Gasteiger partial charge < -0.3 is 32.4 Å².